The van der Waals surface area contributed by atoms with E-state index >= 15 is 0 Å². The molecule has 0 saturated heterocycles. The second-order valence-corrected chi connectivity index (χ2v) is 2.79. The van der Waals surface area contributed by atoms with Crippen LogP contribution >= 0.6 is 0 Å². The van der Waals surface area contributed by atoms with Crippen LogP contribution in [0.25, 0.3) is 0 Å². The average molecular weight is 183 g/mol. The number of aromatic nitrogens is 2. The molecule has 0 radical (unpaired) electrons. The third-order valence-electron chi connectivity index (χ3n) is 1.87. The number of hydrogen-bond donors (Lipinski definition) is 1. The number of likely N-dealkylation sites (N-methyl/N-ethyl adjacent to an activating group) is 1. The second kappa shape index (κ2) is 5.72. The molecular weight excluding hydrogens is 166 g/mol. The number of hydrogen-bond acceptors (Lipinski definition) is 3. The molecule has 0 aliphatic heterocycles. The van der Waals surface area contributed by atoms with Crippen molar-refractivity contribution < 1.29 is 4.74 Å². The molecule has 1 rings (SSSR count). The lowest BCUT2D eigenvalue weighted by Crippen LogP contribution is -2.15. The van der Waals surface area contributed by atoms with Gasteiger partial charge in [-0.2, -0.15) is 0 Å². The minimum absolute atomic E-state index is 0.600. The largest absolute Gasteiger partial charge is 0.372 e. The first kappa shape index (κ1) is 10.2. The molecule has 1 N–H and O–H groups in total. The molecule has 0 saturated carbocycles. The molecule has 1 aromatic rings. The van der Waals surface area contributed by atoms with Crippen LogP contribution in [0.1, 0.15) is 12.7 Å². The molecule has 13 heavy (non-hydrogen) atoms. The Bertz CT molecular complexity index is 235. The summed E-state index contributed by atoms with van der Waals surface area (Å²) in [5, 5.41) is 3.02. The number of nitrogens with one attached hydrogen (secondary N) is 1. The lowest BCUT2D eigenvalue weighted by molar-refractivity contribution is 0.116. The van der Waals surface area contributed by atoms with Crippen molar-refractivity contribution in [3.63, 3.8) is 0 Å². The molecule has 0 unspecified atom stereocenters. The Kier molecular flexibility index (Phi) is 4.49. The maximum atomic E-state index is 5.42. The fourth-order valence-electron chi connectivity index (χ4n) is 1.11. The number of ether oxygens (including phenoxy) is 1. The Balaban J connectivity index is 2.27. The minimum Gasteiger partial charge on any atom is -0.372 e. The van der Waals surface area contributed by atoms with Crippen LogP contribution in [-0.4, -0.2) is 29.8 Å². The summed E-state index contributed by atoms with van der Waals surface area (Å²) in [5.41, 5.74) is 0. The lowest BCUT2D eigenvalue weighted by atomic mass is 10.6. The average Bonchev–Trinajstić information content (AvgIpc) is 2.60. The Hall–Kier alpha value is -0.870. The second-order valence-electron chi connectivity index (χ2n) is 2.79. The summed E-state index contributed by atoms with van der Waals surface area (Å²) in [6, 6.07) is 0. The molecule has 0 aliphatic rings. The van der Waals surface area contributed by atoms with Gasteiger partial charge in [0.05, 0.1) is 6.61 Å². The van der Waals surface area contributed by atoms with E-state index in [2.05, 4.69) is 21.8 Å². The monoisotopic (exact) mass is 183 g/mol. The maximum absolute atomic E-state index is 5.42. The van der Waals surface area contributed by atoms with Crippen molar-refractivity contribution in [2.45, 2.75) is 20.1 Å². The van der Waals surface area contributed by atoms with Gasteiger partial charge in [-0.3, -0.25) is 0 Å². The van der Waals surface area contributed by atoms with Crippen molar-refractivity contribution in [2.75, 3.05) is 20.2 Å². The number of rotatable bonds is 6. The minimum atomic E-state index is 0.600. The maximum Gasteiger partial charge on any atom is 0.134 e. The molecule has 0 aromatic carbocycles. The first-order valence-corrected chi connectivity index (χ1v) is 4.60. The van der Waals surface area contributed by atoms with Gasteiger partial charge in [0.2, 0.25) is 0 Å². The zero-order valence-corrected chi connectivity index (χ0v) is 8.29. The summed E-state index contributed by atoms with van der Waals surface area (Å²) in [6.45, 7) is 5.26. The van der Waals surface area contributed by atoms with Crippen LogP contribution in [0, 0.1) is 0 Å². The molecular formula is C9H17N3O. The van der Waals surface area contributed by atoms with Crippen molar-refractivity contribution >= 4 is 0 Å². The standard InChI is InChI=1S/C9H17N3O/c1-3-12-6-4-11-9(12)8-13-7-5-10-2/h4,6,10H,3,5,7-8H2,1-2H3. The van der Waals surface area contributed by atoms with Crippen LogP contribution in [-0.2, 0) is 17.9 Å². The lowest BCUT2D eigenvalue weighted by Gasteiger charge is -2.05. The molecule has 4 nitrogen and oxygen atoms in total. The van der Waals surface area contributed by atoms with E-state index in [1.165, 1.54) is 0 Å². The van der Waals surface area contributed by atoms with Gasteiger partial charge in [-0.05, 0) is 14.0 Å². The van der Waals surface area contributed by atoms with Gasteiger partial charge in [-0.25, -0.2) is 4.98 Å². The summed E-state index contributed by atoms with van der Waals surface area (Å²) in [4.78, 5) is 4.20. The van der Waals surface area contributed by atoms with Gasteiger partial charge in [0.25, 0.3) is 0 Å². The van der Waals surface area contributed by atoms with E-state index in [1.54, 1.807) is 6.20 Å². The van der Waals surface area contributed by atoms with Crippen LogP contribution in [0.2, 0.25) is 0 Å². The Morgan fingerprint density at radius 2 is 2.46 bits per heavy atom. The summed E-state index contributed by atoms with van der Waals surface area (Å²) in [7, 11) is 1.91. The fourth-order valence-corrected chi connectivity index (χ4v) is 1.11. The molecule has 0 bridgehead atoms. The van der Waals surface area contributed by atoms with Crippen LogP contribution < -0.4 is 5.32 Å². The van der Waals surface area contributed by atoms with Crippen molar-refractivity contribution in [1.29, 1.82) is 0 Å². The fraction of sp³-hybridized carbons (Fsp3) is 0.667. The molecule has 1 aromatic heterocycles. The van der Waals surface area contributed by atoms with Gasteiger partial charge in [0.15, 0.2) is 0 Å². The number of imidazole rings is 1. The normalized spacial score (nSPS) is 10.6. The number of nitrogens with zero attached hydrogens (tertiary/aromatic N) is 2. The van der Waals surface area contributed by atoms with Gasteiger partial charge in [0.1, 0.15) is 12.4 Å². The van der Waals surface area contributed by atoms with E-state index in [0.717, 1.165) is 25.5 Å². The summed E-state index contributed by atoms with van der Waals surface area (Å²) >= 11 is 0. The van der Waals surface area contributed by atoms with Crippen molar-refractivity contribution in [2.24, 2.45) is 0 Å². The summed E-state index contributed by atoms with van der Waals surface area (Å²) in [6.07, 6.45) is 3.77. The molecule has 0 aliphatic carbocycles. The SMILES string of the molecule is CCn1ccnc1COCCNC. The van der Waals surface area contributed by atoms with E-state index in [0.29, 0.717) is 6.61 Å². The van der Waals surface area contributed by atoms with Crippen LogP contribution in [0.15, 0.2) is 12.4 Å². The molecule has 4 heteroatoms. The predicted molar refractivity (Wildman–Crippen MR) is 51.5 cm³/mol. The van der Waals surface area contributed by atoms with Gasteiger partial charge in [-0.15, -0.1) is 0 Å². The molecule has 0 spiro atoms. The van der Waals surface area contributed by atoms with Gasteiger partial charge >= 0.3 is 0 Å². The van der Waals surface area contributed by atoms with E-state index in [1.807, 2.05) is 13.2 Å². The highest BCUT2D eigenvalue weighted by Crippen LogP contribution is 1.98. The Morgan fingerprint density at radius 3 is 3.15 bits per heavy atom. The van der Waals surface area contributed by atoms with Crippen LogP contribution in [0.4, 0.5) is 0 Å². The first-order chi connectivity index (χ1) is 6.38. The molecule has 0 amide bonds. The van der Waals surface area contributed by atoms with Crippen molar-refractivity contribution in [3.8, 4) is 0 Å². The van der Waals surface area contributed by atoms with Gasteiger partial charge < -0.3 is 14.6 Å². The van der Waals surface area contributed by atoms with Crippen molar-refractivity contribution in [1.82, 2.24) is 14.9 Å². The predicted octanol–water partition coefficient (Wildman–Crippen LogP) is 0.639. The molecule has 0 fully saturated rings. The van der Waals surface area contributed by atoms with Crippen LogP contribution in [0.3, 0.4) is 0 Å². The Morgan fingerprint density at radius 1 is 1.62 bits per heavy atom. The first-order valence-electron chi connectivity index (χ1n) is 4.60. The van der Waals surface area contributed by atoms with E-state index in [9.17, 15) is 0 Å². The molecule has 0 atom stereocenters. The highest BCUT2D eigenvalue weighted by molar-refractivity contribution is 4.89. The van der Waals surface area contributed by atoms with E-state index in [4.69, 9.17) is 4.74 Å². The topological polar surface area (TPSA) is 39.1 Å². The molecule has 1 heterocycles. The van der Waals surface area contributed by atoms with Gasteiger partial charge in [0, 0.05) is 25.5 Å². The smallest absolute Gasteiger partial charge is 0.134 e. The highest BCUT2D eigenvalue weighted by Gasteiger charge is 1.99. The Labute approximate surface area is 78.9 Å². The zero-order chi connectivity index (χ0) is 9.52. The van der Waals surface area contributed by atoms with E-state index < -0.39 is 0 Å². The third-order valence-corrected chi connectivity index (χ3v) is 1.87. The summed E-state index contributed by atoms with van der Waals surface area (Å²) < 4.78 is 7.50. The van der Waals surface area contributed by atoms with E-state index in [-0.39, 0.29) is 0 Å². The third kappa shape index (κ3) is 3.16. The zero-order valence-electron chi connectivity index (χ0n) is 8.29. The number of aryl methyl sites for hydroxylation is 1. The highest BCUT2D eigenvalue weighted by atomic mass is 16.5. The van der Waals surface area contributed by atoms with Crippen LogP contribution in [0.5, 0.6) is 0 Å². The van der Waals surface area contributed by atoms with Gasteiger partial charge in [-0.1, -0.05) is 0 Å². The molecule has 74 valence electrons. The van der Waals surface area contributed by atoms with Crippen molar-refractivity contribution in [3.05, 3.63) is 18.2 Å². The quantitative estimate of drug-likeness (QED) is 0.658. The summed E-state index contributed by atoms with van der Waals surface area (Å²) in [5.74, 6) is 0.999.